The van der Waals surface area contributed by atoms with Gasteiger partial charge in [0.15, 0.2) is 5.78 Å². The number of ether oxygens (including phenoxy) is 1. The van der Waals surface area contributed by atoms with Gasteiger partial charge in [-0.2, -0.15) is 0 Å². The number of hydrogen-bond donors (Lipinski definition) is 2. The Bertz CT molecular complexity index is 611. The van der Waals surface area contributed by atoms with E-state index in [2.05, 4.69) is 5.32 Å². The Morgan fingerprint density at radius 2 is 2.04 bits per heavy atom. The normalized spacial score (nSPS) is 25.1. The van der Waals surface area contributed by atoms with Crippen LogP contribution in [0.15, 0.2) is 24.3 Å². The maximum absolute atomic E-state index is 12.7. The van der Waals surface area contributed by atoms with Gasteiger partial charge >= 0.3 is 6.09 Å². The minimum absolute atomic E-state index is 0.367. The van der Waals surface area contributed by atoms with Gasteiger partial charge in [-0.05, 0) is 46.1 Å². The van der Waals surface area contributed by atoms with E-state index < -0.39 is 29.1 Å². The Kier molecular flexibility index (Phi) is 5.01. The molecular weight excluding hydrogens is 318 g/mol. The first-order chi connectivity index (χ1) is 10.7. The molecular formula is C17H22ClNO4. The summed E-state index contributed by atoms with van der Waals surface area (Å²) in [6.07, 6.45) is -0.504. The lowest BCUT2D eigenvalue weighted by atomic mass is 9.74. The van der Waals surface area contributed by atoms with Crippen LogP contribution in [0, 0.1) is 0 Å². The number of rotatable bonds is 2. The molecule has 5 nitrogen and oxygen atoms in total. The zero-order valence-electron chi connectivity index (χ0n) is 13.6. The van der Waals surface area contributed by atoms with E-state index in [1.54, 1.807) is 45.0 Å². The molecule has 0 spiro atoms. The van der Waals surface area contributed by atoms with Crippen molar-refractivity contribution in [3.05, 3.63) is 34.9 Å². The number of benzene rings is 1. The van der Waals surface area contributed by atoms with E-state index in [0.717, 1.165) is 0 Å². The van der Waals surface area contributed by atoms with E-state index in [4.69, 9.17) is 16.3 Å². The molecule has 23 heavy (non-hydrogen) atoms. The highest BCUT2D eigenvalue weighted by Gasteiger charge is 2.48. The highest BCUT2D eigenvalue weighted by atomic mass is 35.5. The maximum Gasteiger partial charge on any atom is 0.408 e. The predicted molar refractivity (Wildman–Crippen MR) is 87.4 cm³/mol. The van der Waals surface area contributed by atoms with Crippen molar-refractivity contribution in [3.8, 4) is 0 Å². The molecule has 1 fully saturated rings. The Morgan fingerprint density at radius 1 is 1.39 bits per heavy atom. The van der Waals surface area contributed by atoms with Gasteiger partial charge in [0.25, 0.3) is 0 Å². The number of carbonyl (C=O) groups excluding carboxylic acids is 2. The summed E-state index contributed by atoms with van der Waals surface area (Å²) in [5.74, 6) is -0.456. The molecule has 2 N–H and O–H groups in total. The molecule has 1 aromatic carbocycles. The molecule has 2 atom stereocenters. The van der Waals surface area contributed by atoms with Crippen molar-refractivity contribution in [1.29, 1.82) is 0 Å². The van der Waals surface area contributed by atoms with Crippen LogP contribution in [-0.2, 0) is 15.1 Å². The van der Waals surface area contributed by atoms with Crippen molar-refractivity contribution in [2.24, 2.45) is 0 Å². The summed E-state index contributed by atoms with van der Waals surface area (Å²) in [5.41, 5.74) is -1.57. The van der Waals surface area contributed by atoms with Gasteiger partial charge in [-0.1, -0.05) is 29.8 Å². The molecule has 126 valence electrons. The molecule has 2 rings (SSSR count). The first kappa shape index (κ1) is 17.8. The van der Waals surface area contributed by atoms with E-state index in [0.29, 0.717) is 29.8 Å². The number of alkyl carbamates (subject to hydrolysis) is 1. The fourth-order valence-corrected chi connectivity index (χ4v) is 3.14. The highest BCUT2D eigenvalue weighted by molar-refractivity contribution is 6.31. The van der Waals surface area contributed by atoms with Gasteiger partial charge in [0.1, 0.15) is 17.2 Å². The van der Waals surface area contributed by atoms with Crippen LogP contribution in [0.5, 0.6) is 0 Å². The second-order valence-corrected chi connectivity index (χ2v) is 7.19. The molecule has 1 aromatic rings. The van der Waals surface area contributed by atoms with E-state index in [1.165, 1.54) is 0 Å². The number of halogens is 1. The molecule has 1 amide bonds. The highest BCUT2D eigenvalue weighted by Crippen LogP contribution is 2.38. The standard InChI is InChI=1S/C17H22ClNO4/c1-16(2,3)23-15(22)19-17(10-6-9-13(20)14(17)21)11-7-4-5-8-12(11)18/h4-5,7-8,13,20H,6,9-10H2,1-3H3,(H,19,22)/t13-,17-/m1/s1. The third kappa shape index (κ3) is 3.85. The number of hydrogen-bond acceptors (Lipinski definition) is 4. The molecule has 0 heterocycles. The average Bonchev–Trinajstić information content (AvgIpc) is 2.42. The zero-order valence-corrected chi connectivity index (χ0v) is 14.3. The SMILES string of the molecule is CC(C)(C)OC(=O)N[C@@]1(c2ccccc2Cl)CCC[C@@H](O)C1=O. The predicted octanol–water partition coefficient (Wildman–Crippen LogP) is 3.17. The first-order valence-electron chi connectivity index (χ1n) is 7.64. The van der Waals surface area contributed by atoms with Crippen LogP contribution < -0.4 is 5.32 Å². The van der Waals surface area contributed by atoms with Crippen molar-refractivity contribution >= 4 is 23.5 Å². The van der Waals surface area contributed by atoms with Crippen LogP contribution in [0.1, 0.15) is 45.6 Å². The van der Waals surface area contributed by atoms with Gasteiger partial charge in [0.05, 0.1) is 0 Å². The summed E-state index contributed by atoms with van der Waals surface area (Å²) < 4.78 is 5.28. The third-order valence-corrected chi connectivity index (χ3v) is 4.13. The Labute approximate surface area is 141 Å². The van der Waals surface area contributed by atoms with E-state index >= 15 is 0 Å². The number of aliphatic hydroxyl groups excluding tert-OH is 1. The molecule has 0 radical (unpaired) electrons. The maximum atomic E-state index is 12.7. The van der Waals surface area contributed by atoms with Crippen molar-refractivity contribution in [2.75, 3.05) is 0 Å². The molecule has 0 aromatic heterocycles. The number of amides is 1. The van der Waals surface area contributed by atoms with Gasteiger partial charge in [-0.25, -0.2) is 4.79 Å². The molecule has 6 heteroatoms. The molecule has 0 saturated heterocycles. The lowest BCUT2D eigenvalue weighted by Crippen LogP contribution is -2.58. The number of carbonyl (C=O) groups is 2. The van der Waals surface area contributed by atoms with Gasteiger partial charge in [-0.15, -0.1) is 0 Å². The van der Waals surface area contributed by atoms with Crippen molar-refractivity contribution in [3.63, 3.8) is 0 Å². The minimum atomic E-state index is -1.36. The average molecular weight is 340 g/mol. The summed E-state index contributed by atoms with van der Waals surface area (Å²) in [4.78, 5) is 25.0. The van der Waals surface area contributed by atoms with Gasteiger partial charge in [0.2, 0.25) is 0 Å². The van der Waals surface area contributed by atoms with Crippen molar-refractivity contribution in [1.82, 2.24) is 5.32 Å². The summed E-state index contributed by atoms with van der Waals surface area (Å²) >= 11 is 6.25. The van der Waals surface area contributed by atoms with Gasteiger partial charge in [0, 0.05) is 10.6 Å². The fourth-order valence-electron chi connectivity index (χ4n) is 2.84. The second-order valence-electron chi connectivity index (χ2n) is 6.78. The summed E-state index contributed by atoms with van der Waals surface area (Å²) in [5, 5.41) is 13.1. The molecule has 0 bridgehead atoms. The Morgan fingerprint density at radius 3 is 2.65 bits per heavy atom. The smallest absolute Gasteiger partial charge is 0.408 e. The monoisotopic (exact) mass is 339 g/mol. The van der Waals surface area contributed by atoms with Crippen LogP contribution in [0.25, 0.3) is 0 Å². The summed E-state index contributed by atoms with van der Waals surface area (Å²) in [6.45, 7) is 5.23. The van der Waals surface area contributed by atoms with Crippen LogP contribution in [0.3, 0.4) is 0 Å². The van der Waals surface area contributed by atoms with Crippen LogP contribution in [0.2, 0.25) is 5.02 Å². The second kappa shape index (κ2) is 6.49. The summed E-state index contributed by atoms with van der Waals surface area (Å²) in [7, 11) is 0. The van der Waals surface area contributed by atoms with E-state index in [1.807, 2.05) is 0 Å². The topological polar surface area (TPSA) is 75.6 Å². The largest absolute Gasteiger partial charge is 0.444 e. The zero-order chi connectivity index (χ0) is 17.3. The van der Waals surface area contributed by atoms with E-state index in [9.17, 15) is 14.7 Å². The molecule has 1 aliphatic carbocycles. The third-order valence-electron chi connectivity index (χ3n) is 3.80. The van der Waals surface area contributed by atoms with Crippen molar-refractivity contribution < 1.29 is 19.4 Å². The Hall–Kier alpha value is -1.59. The quantitative estimate of drug-likeness (QED) is 0.867. The van der Waals surface area contributed by atoms with Crippen LogP contribution in [0.4, 0.5) is 4.79 Å². The van der Waals surface area contributed by atoms with Gasteiger partial charge in [-0.3, -0.25) is 4.79 Å². The van der Waals surface area contributed by atoms with Gasteiger partial charge < -0.3 is 15.2 Å². The number of ketones is 1. The minimum Gasteiger partial charge on any atom is -0.444 e. The number of Topliss-reactive ketones (excluding diaryl/α,β-unsaturated/α-hetero) is 1. The number of aliphatic hydroxyl groups is 1. The fraction of sp³-hybridized carbons (Fsp3) is 0.529. The molecule has 0 aliphatic heterocycles. The number of nitrogens with one attached hydrogen (secondary N) is 1. The molecule has 1 aliphatic rings. The molecule has 0 unspecified atom stereocenters. The lowest BCUT2D eigenvalue weighted by molar-refractivity contribution is -0.137. The van der Waals surface area contributed by atoms with Crippen LogP contribution >= 0.6 is 11.6 Å². The first-order valence-corrected chi connectivity index (χ1v) is 8.02. The lowest BCUT2D eigenvalue weighted by Gasteiger charge is -2.39. The van der Waals surface area contributed by atoms with Crippen LogP contribution in [-0.4, -0.2) is 28.7 Å². The van der Waals surface area contributed by atoms with E-state index in [-0.39, 0.29) is 0 Å². The molecule has 1 saturated carbocycles. The summed E-state index contributed by atoms with van der Waals surface area (Å²) in [6, 6.07) is 6.84. The van der Waals surface area contributed by atoms with Crippen molar-refractivity contribution in [2.45, 2.75) is 57.3 Å². The Balaban J connectivity index is 2.42.